The molecule has 1 aromatic rings. The largest absolute Gasteiger partial charge is 0.309 e. The van der Waals surface area contributed by atoms with Crippen LogP contribution in [0.4, 0.5) is 0 Å². The average molecular weight is 272 g/mol. The Hall–Kier alpha value is -0.860. The first-order valence-electron chi connectivity index (χ1n) is 8.35. The van der Waals surface area contributed by atoms with E-state index in [4.69, 9.17) is 0 Å². The van der Waals surface area contributed by atoms with E-state index < -0.39 is 0 Å². The third kappa shape index (κ3) is 3.42. The maximum absolute atomic E-state index is 3.74. The molecule has 2 aliphatic rings. The molecule has 110 valence electrons. The van der Waals surface area contributed by atoms with Gasteiger partial charge in [-0.1, -0.05) is 50.1 Å². The molecule has 0 spiro atoms. The Balaban J connectivity index is 1.69. The fourth-order valence-corrected chi connectivity index (χ4v) is 3.92. The van der Waals surface area contributed by atoms with E-state index in [1.54, 1.807) is 0 Å². The third-order valence-corrected chi connectivity index (χ3v) is 5.06. The highest BCUT2D eigenvalue weighted by Crippen LogP contribution is 2.29. The summed E-state index contributed by atoms with van der Waals surface area (Å²) in [5, 5.41) is 3.74. The summed E-state index contributed by atoms with van der Waals surface area (Å²) in [5.41, 5.74) is 1.45. The van der Waals surface area contributed by atoms with Crippen molar-refractivity contribution in [3.8, 4) is 0 Å². The fourth-order valence-electron chi connectivity index (χ4n) is 3.92. The molecule has 1 heterocycles. The van der Waals surface area contributed by atoms with Crippen LogP contribution in [0.3, 0.4) is 0 Å². The van der Waals surface area contributed by atoms with Crippen molar-refractivity contribution in [2.24, 2.45) is 5.92 Å². The van der Waals surface area contributed by atoms with Gasteiger partial charge in [-0.25, -0.2) is 0 Å². The van der Waals surface area contributed by atoms with Gasteiger partial charge in [0.05, 0.1) is 0 Å². The van der Waals surface area contributed by atoms with Crippen LogP contribution < -0.4 is 5.32 Å². The summed E-state index contributed by atoms with van der Waals surface area (Å²) in [7, 11) is 0. The van der Waals surface area contributed by atoms with Gasteiger partial charge in [-0.3, -0.25) is 4.90 Å². The van der Waals surface area contributed by atoms with Crippen molar-refractivity contribution in [1.82, 2.24) is 10.2 Å². The Bertz CT molecular complexity index is 403. The molecule has 1 N–H and O–H groups in total. The van der Waals surface area contributed by atoms with E-state index >= 15 is 0 Å². The van der Waals surface area contributed by atoms with Crippen LogP contribution in [0, 0.1) is 5.92 Å². The highest BCUT2D eigenvalue weighted by Gasteiger charge is 2.28. The Labute approximate surface area is 123 Å². The minimum Gasteiger partial charge on any atom is -0.309 e. The van der Waals surface area contributed by atoms with Crippen LogP contribution >= 0.6 is 0 Å². The SMILES string of the molecule is CC1CCCC(N2CCCNC(c3ccccc3)C2)C1. The van der Waals surface area contributed by atoms with Gasteiger partial charge in [-0.2, -0.15) is 0 Å². The zero-order valence-corrected chi connectivity index (χ0v) is 12.7. The highest BCUT2D eigenvalue weighted by atomic mass is 15.2. The van der Waals surface area contributed by atoms with Gasteiger partial charge < -0.3 is 5.32 Å². The van der Waals surface area contributed by atoms with Gasteiger partial charge in [0.15, 0.2) is 0 Å². The average Bonchev–Trinajstić information content (AvgIpc) is 2.74. The first kappa shape index (κ1) is 14.1. The van der Waals surface area contributed by atoms with Gasteiger partial charge in [0.25, 0.3) is 0 Å². The van der Waals surface area contributed by atoms with Crippen LogP contribution in [0.25, 0.3) is 0 Å². The zero-order chi connectivity index (χ0) is 13.8. The van der Waals surface area contributed by atoms with Crippen LogP contribution in [0.2, 0.25) is 0 Å². The second-order valence-electron chi connectivity index (χ2n) is 6.69. The summed E-state index contributed by atoms with van der Waals surface area (Å²) in [6.07, 6.45) is 6.96. The Morgan fingerprint density at radius 3 is 2.75 bits per heavy atom. The summed E-state index contributed by atoms with van der Waals surface area (Å²) in [4.78, 5) is 2.77. The van der Waals surface area contributed by atoms with Gasteiger partial charge in [-0.05, 0) is 43.8 Å². The molecule has 1 saturated carbocycles. The van der Waals surface area contributed by atoms with Crippen molar-refractivity contribution in [3.63, 3.8) is 0 Å². The Morgan fingerprint density at radius 2 is 1.95 bits per heavy atom. The monoisotopic (exact) mass is 272 g/mol. The minimum atomic E-state index is 0.510. The van der Waals surface area contributed by atoms with Gasteiger partial charge in [0, 0.05) is 18.6 Å². The normalized spacial score (nSPS) is 32.8. The second kappa shape index (κ2) is 6.73. The van der Waals surface area contributed by atoms with E-state index in [0.29, 0.717) is 6.04 Å². The molecule has 0 radical (unpaired) electrons. The van der Waals surface area contributed by atoms with Crippen LogP contribution in [0.15, 0.2) is 30.3 Å². The van der Waals surface area contributed by atoms with E-state index in [1.807, 2.05) is 0 Å². The molecule has 1 saturated heterocycles. The molecular formula is C18H28N2. The number of hydrogen-bond donors (Lipinski definition) is 1. The summed E-state index contributed by atoms with van der Waals surface area (Å²) in [6, 6.07) is 12.3. The van der Waals surface area contributed by atoms with Crippen LogP contribution in [0.5, 0.6) is 0 Å². The summed E-state index contributed by atoms with van der Waals surface area (Å²) >= 11 is 0. The molecule has 2 fully saturated rings. The maximum atomic E-state index is 3.74. The van der Waals surface area contributed by atoms with Crippen molar-refractivity contribution in [1.29, 1.82) is 0 Å². The van der Waals surface area contributed by atoms with E-state index in [-0.39, 0.29) is 0 Å². The maximum Gasteiger partial charge on any atom is 0.0449 e. The second-order valence-corrected chi connectivity index (χ2v) is 6.69. The van der Waals surface area contributed by atoms with Crippen LogP contribution in [-0.4, -0.2) is 30.6 Å². The molecule has 1 aliphatic heterocycles. The van der Waals surface area contributed by atoms with Crippen molar-refractivity contribution >= 4 is 0 Å². The lowest BCUT2D eigenvalue weighted by Gasteiger charge is -2.37. The standard InChI is InChI=1S/C18H28N2/c1-15-7-5-10-17(13-15)20-12-6-11-19-18(14-20)16-8-3-2-4-9-16/h2-4,8-9,15,17-19H,5-7,10-14H2,1H3. The predicted octanol–water partition coefficient (Wildman–Crippen LogP) is 3.60. The highest BCUT2D eigenvalue weighted by molar-refractivity contribution is 5.19. The van der Waals surface area contributed by atoms with Crippen molar-refractivity contribution < 1.29 is 0 Å². The molecule has 0 amide bonds. The third-order valence-electron chi connectivity index (χ3n) is 5.06. The van der Waals surface area contributed by atoms with Crippen LogP contribution in [0.1, 0.15) is 50.6 Å². The molecule has 2 heteroatoms. The molecule has 3 unspecified atom stereocenters. The molecule has 0 aromatic heterocycles. The van der Waals surface area contributed by atoms with Gasteiger partial charge in [-0.15, -0.1) is 0 Å². The van der Waals surface area contributed by atoms with Crippen LogP contribution in [-0.2, 0) is 0 Å². The number of nitrogens with zero attached hydrogens (tertiary/aromatic N) is 1. The summed E-state index contributed by atoms with van der Waals surface area (Å²) < 4.78 is 0. The zero-order valence-electron chi connectivity index (χ0n) is 12.7. The van der Waals surface area contributed by atoms with Gasteiger partial charge in [0.2, 0.25) is 0 Å². The number of hydrogen-bond acceptors (Lipinski definition) is 2. The lowest BCUT2D eigenvalue weighted by atomic mass is 9.86. The van der Waals surface area contributed by atoms with Gasteiger partial charge >= 0.3 is 0 Å². The van der Waals surface area contributed by atoms with E-state index in [1.165, 1.54) is 50.8 Å². The number of benzene rings is 1. The molecule has 3 rings (SSSR count). The molecule has 20 heavy (non-hydrogen) atoms. The smallest absolute Gasteiger partial charge is 0.0449 e. The van der Waals surface area contributed by atoms with Crippen molar-refractivity contribution in [2.75, 3.05) is 19.6 Å². The fraction of sp³-hybridized carbons (Fsp3) is 0.667. The van der Waals surface area contributed by atoms with Crippen molar-refractivity contribution in [3.05, 3.63) is 35.9 Å². The summed E-state index contributed by atoms with van der Waals surface area (Å²) in [5.74, 6) is 0.917. The molecule has 1 aliphatic carbocycles. The Morgan fingerprint density at radius 1 is 1.10 bits per heavy atom. The molecule has 0 bridgehead atoms. The topological polar surface area (TPSA) is 15.3 Å². The quantitative estimate of drug-likeness (QED) is 0.885. The number of nitrogens with one attached hydrogen (secondary N) is 1. The Kier molecular flexibility index (Phi) is 4.74. The number of rotatable bonds is 2. The summed E-state index contributed by atoms with van der Waals surface area (Å²) in [6.45, 7) is 6.03. The predicted molar refractivity (Wildman–Crippen MR) is 84.8 cm³/mol. The first-order valence-corrected chi connectivity index (χ1v) is 8.35. The molecule has 1 aromatic carbocycles. The lowest BCUT2D eigenvalue weighted by molar-refractivity contribution is 0.132. The van der Waals surface area contributed by atoms with Crippen molar-refractivity contribution in [2.45, 2.75) is 51.1 Å². The van der Waals surface area contributed by atoms with E-state index in [0.717, 1.165) is 18.5 Å². The van der Waals surface area contributed by atoms with E-state index in [9.17, 15) is 0 Å². The lowest BCUT2D eigenvalue weighted by Crippen LogP contribution is -2.41. The molecule has 2 nitrogen and oxygen atoms in total. The molecular weight excluding hydrogens is 244 g/mol. The first-order chi connectivity index (χ1) is 9.83. The van der Waals surface area contributed by atoms with Gasteiger partial charge in [0.1, 0.15) is 0 Å². The molecule has 3 atom stereocenters. The minimum absolute atomic E-state index is 0.510. The van der Waals surface area contributed by atoms with E-state index in [2.05, 4.69) is 47.5 Å².